The Hall–Kier alpha value is -1.31. The van der Waals surface area contributed by atoms with Gasteiger partial charge in [-0.2, -0.15) is 0 Å². The Bertz CT molecular complexity index is 237. The largest absolute Gasteiger partial charge is 0.478 e. The minimum atomic E-state index is -0.931. The molecule has 0 heterocycles. The molecule has 0 saturated carbocycles. The predicted octanol–water partition coefficient (Wildman–Crippen LogP) is 2.54. The molecule has 1 N–H and O–H groups in total. The normalized spacial score (nSPS) is 10.8. The highest BCUT2D eigenvalue weighted by Crippen LogP contribution is 2.07. The fourth-order valence-corrected chi connectivity index (χ4v) is 0.646. The van der Waals surface area contributed by atoms with Crippen molar-refractivity contribution in [1.29, 1.82) is 0 Å². The van der Waals surface area contributed by atoms with Crippen molar-refractivity contribution in [3.8, 4) is 0 Å². The van der Waals surface area contributed by atoms with Crippen LogP contribution in [-0.2, 0) is 4.79 Å². The van der Waals surface area contributed by atoms with Crippen LogP contribution in [-0.4, -0.2) is 11.1 Å². The summed E-state index contributed by atoms with van der Waals surface area (Å²) in [5.41, 5.74) is 1.89. The molecule has 0 rings (SSSR count). The third-order valence-electron chi connectivity index (χ3n) is 1.27. The molecule has 0 atom stereocenters. The van der Waals surface area contributed by atoms with Gasteiger partial charge in [0.05, 0.1) is 5.57 Å². The minimum Gasteiger partial charge on any atom is -0.478 e. The molecule has 0 aliphatic rings. The third-order valence-corrected chi connectivity index (χ3v) is 1.27. The summed E-state index contributed by atoms with van der Waals surface area (Å²) in [5, 5.41) is 8.70. The number of allylic oxidation sites excluding steroid dienone is 3. The van der Waals surface area contributed by atoms with Crippen LogP contribution in [0.5, 0.6) is 0 Å². The minimum absolute atomic E-state index is 0.260. The zero-order valence-electron chi connectivity index (χ0n) is 7.72. The van der Waals surface area contributed by atoms with Crippen molar-refractivity contribution in [2.45, 2.75) is 20.8 Å². The second kappa shape index (κ2) is 4.54. The van der Waals surface area contributed by atoms with E-state index in [4.69, 9.17) is 5.11 Å². The second-order valence-electron chi connectivity index (χ2n) is 2.91. The van der Waals surface area contributed by atoms with Crippen molar-refractivity contribution in [3.05, 3.63) is 35.5 Å². The molecule has 0 spiro atoms. The molecule has 0 saturated heterocycles. The number of rotatable bonds is 3. The molecule has 0 aromatic heterocycles. The first kappa shape index (κ1) is 10.7. The molecule has 12 heavy (non-hydrogen) atoms. The summed E-state index contributed by atoms with van der Waals surface area (Å²) in [7, 11) is 0. The van der Waals surface area contributed by atoms with E-state index in [1.807, 2.05) is 13.8 Å². The van der Waals surface area contributed by atoms with Gasteiger partial charge in [-0.3, -0.25) is 0 Å². The maximum Gasteiger partial charge on any atom is 0.335 e. The molecule has 0 radical (unpaired) electrons. The Labute approximate surface area is 72.9 Å². The van der Waals surface area contributed by atoms with Crippen LogP contribution in [0.2, 0.25) is 0 Å². The van der Waals surface area contributed by atoms with E-state index >= 15 is 0 Å². The van der Waals surface area contributed by atoms with Crippen molar-refractivity contribution < 1.29 is 9.90 Å². The van der Waals surface area contributed by atoms with Gasteiger partial charge in [0.2, 0.25) is 0 Å². The van der Waals surface area contributed by atoms with Gasteiger partial charge in [0.1, 0.15) is 0 Å². The lowest BCUT2D eigenvalue weighted by molar-refractivity contribution is -0.132. The van der Waals surface area contributed by atoms with Crippen LogP contribution in [0.3, 0.4) is 0 Å². The van der Waals surface area contributed by atoms with Gasteiger partial charge < -0.3 is 5.11 Å². The molecule has 0 amide bonds. The maximum absolute atomic E-state index is 10.6. The summed E-state index contributed by atoms with van der Waals surface area (Å²) in [6.45, 7) is 9.08. The van der Waals surface area contributed by atoms with Crippen molar-refractivity contribution in [3.63, 3.8) is 0 Å². The Morgan fingerprint density at radius 3 is 2.00 bits per heavy atom. The van der Waals surface area contributed by atoms with Crippen LogP contribution in [0.1, 0.15) is 20.8 Å². The smallest absolute Gasteiger partial charge is 0.335 e. The highest BCUT2D eigenvalue weighted by molar-refractivity contribution is 5.91. The summed E-state index contributed by atoms with van der Waals surface area (Å²) in [4.78, 5) is 10.6. The number of hydrogen-bond donors (Lipinski definition) is 1. The lowest BCUT2D eigenvalue weighted by Crippen LogP contribution is -2.00. The summed E-state index contributed by atoms with van der Waals surface area (Å²) < 4.78 is 0. The van der Waals surface area contributed by atoms with Crippen LogP contribution in [0.15, 0.2) is 35.5 Å². The zero-order chi connectivity index (χ0) is 9.72. The number of aliphatic carboxylic acids is 1. The summed E-state index contributed by atoms with van der Waals surface area (Å²) in [5.74, 6) is -0.931. The first-order valence-corrected chi connectivity index (χ1v) is 3.69. The van der Waals surface area contributed by atoms with Crippen molar-refractivity contribution in [1.82, 2.24) is 0 Å². The van der Waals surface area contributed by atoms with Crippen LogP contribution < -0.4 is 0 Å². The molecule has 2 nitrogen and oxygen atoms in total. The highest BCUT2D eigenvalue weighted by atomic mass is 16.4. The van der Waals surface area contributed by atoms with Crippen LogP contribution >= 0.6 is 0 Å². The maximum atomic E-state index is 10.6. The molecule has 0 bridgehead atoms. The van der Waals surface area contributed by atoms with Crippen molar-refractivity contribution >= 4 is 5.97 Å². The van der Waals surface area contributed by atoms with E-state index < -0.39 is 5.97 Å². The first-order chi connectivity index (χ1) is 5.45. The average Bonchev–Trinajstić information content (AvgIpc) is 1.84. The van der Waals surface area contributed by atoms with Crippen LogP contribution in [0.4, 0.5) is 0 Å². The van der Waals surface area contributed by atoms with E-state index in [2.05, 4.69) is 6.58 Å². The zero-order valence-corrected chi connectivity index (χ0v) is 7.72. The molecule has 2 heteroatoms. The Balaban J connectivity index is 4.75. The first-order valence-electron chi connectivity index (χ1n) is 3.69. The summed E-state index contributed by atoms with van der Waals surface area (Å²) in [6.07, 6.45) is 3.33. The lowest BCUT2D eigenvalue weighted by atomic mass is 10.1. The molecule has 0 fully saturated rings. The van der Waals surface area contributed by atoms with E-state index in [1.165, 1.54) is 0 Å². The highest BCUT2D eigenvalue weighted by Gasteiger charge is 2.05. The Kier molecular flexibility index (Phi) is 4.05. The van der Waals surface area contributed by atoms with Crippen molar-refractivity contribution in [2.75, 3.05) is 0 Å². The topological polar surface area (TPSA) is 37.3 Å². The molecular weight excluding hydrogens is 152 g/mol. The van der Waals surface area contributed by atoms with E-state index in [-0.39, 0.29) is 5.57 Å². The van der Waals surface area contributed by atoms with Gasteiger partial charge in [-0.15, -0.1) is 0 Å². The van der Waals surface area contributed by atoms with Gasteiger partial charge in [-0.1, -0.05) is 18.2 Å². The average molecular weight is 166 g/mol. The number of carbonyl (C=O) groups is 1. The number of carboxylic acid groups (broad SMARTS) is 1. The molecule has 0 aromatic rings. The number of hydrogen-bond acceptors (Lipinski definition) is 1. The third kappa shape index (κ3) is 3.76. The molecule has 0 aliphatic carbocycles. The fourth-order valence-electron chi connectivity index (χ4n) is 0.646. The quantitative estimate of drug-likeness (QED) is 0.516. The second-order valence-corrected chi connectivity index (χ2v) is 2.91. The van der Waals surface area contributed by atoms with Gasteiger partial charge in [0.25, 0.3) is 0 Å². The predicted molar refractivity (Wildman–Crippen MR) is 50.0 cm³/mol. The summed E-state index contributed by atoms with van der Waals surface area (Å²) >= 11 is 0. The molecule has 0 unspecified atom stereocenters. The fraction of sp³-hybridized carbons (Fsp3) is 0.300. The Morgan fingerprint density at radius 1 is 1.25 bits per heavy atom. The van der Waals surface area contributed by atoms with E-state index in [1.54, 1.807) is 19.1 Å². The standard InChI is InChI=1S/C10H14O2/c1-7(2)5-6-9(8(3)4)10(11)12/h5-6H,3H2,1-2,4H3,(H,11,12)/b9-6+. The van der Waals surface area contributed by atoms with E-state index in [0.29, 0.717) is 5.57 Å². The van der Waals surface area contributed by atoms with Gasteiger partial charge in [-0.25, -0.2) is 4.79 Å². The number of carboxylic acids is 1. The Morgan fingerprint density at radius 2 is 1.75 bits per heavy atom. The van der Waals surface area contributed by atoms with Crippen molar-refractivity contribution in [2.24, 2.45) is 0 Å². The van der Waals surface area contributed by atoms with Gasteiger partial charge in [0, 0.05) is 0 Å². The monoisotopic (exact) mass is 166 g/mol. The van der Waals surface area contributed by atoms with Gasteiger partial charge in [0.15, 0.2) is 0 Å². The van der Waals surface area contributed by atoms with Crippen LogP contribution in [0.25, 0.3) is 0 Å². The van der Waals surface area contributed by atoms with E-state index in [9.17, 15) is 4.79 Å². The molecule has 66 valence electrons. The van der Waals surface area contributed by atoms with Gasteiger partial charge in [-0.05, 0) is 32.4 Å². The molecule has 0 aliphatic heterocycles. The molecule has 0 aromatic carbocycles. The van der Waals surface area contributed by atoms with Gasteiger partial charge >= 0.3 is 5.97 Å². The molecular formula is C10H14O2. The lowest BCUT2D eigenvalue weighted by Gasteiger charge is -1.97. The van der Waals surface area contributed by atoms with E-state index in [0.717, 1.165) is 5.57 Å². The van der Waals surface area contributed by atoms with Crippen LogP contribution in [0, 0.1) is 0 Å². The summed E-state index contributed by atoms with van der Waals surface area (Å²) in [6, 6.07) is 0. The SMILES string of the molecule is C=C(C)/C(=C\C=C(C)C)C(=O)O.